The molecule has 0 fully saturated rings. The second kappa shape index (κ2) is 6.27. The van der Waals surface area contributed by atoms with Gasteiger partial charge in [0.05, 0.1) is 6.10 Å². The van der Waals surface area contributed by atoms with Crippen molar-refractivity contribution < 1.29 is 5.11 Å². The summed E-state index contributed by atoms with van der Waals surface area (Å²) >= 11 is 2.30. The molecule has 2 heteroatoms. The number of hydrogen-bond donors (Lipinski definition) is 1. The Labute approximate surface area is 134 Å². The van der Waals surface area contributed by atoms with Crippen LogP contribution in [-0.4, -0.2) is 5.11 Å². The molecule has 0 heterocycles. The summed E-state index contributed by atoms with van der Waals surface area (Å²) in [7, 11) is 0. The first-order chi connectivity index (χ1) is 9.74. The van der Waals surface area contributed by atoms with Crippen molar-refractivity contribution in [2.75, 3.05) is 0 Å². The van der Waals surface area contributed by atoms with E-state index in [1.165, 1.54) is 34.0 Å². The van der Waals surface area contributed by atoms with E-state index in [9.17, 15) is 5.11 Å². The molecule has 2 atom stereocenters. The van der Waals surface area contributed by atoms with Gasteiger partial charge >= 0.3 is 0 Å². The molecule has 0 saturated heterocycles. The molecule has 3 rings (SSSR count). The van der Waals surface area contributed by atoms with Crippen LogP contribution in [0.2, 0.25) is 0 Å². The Balaban J connectivity index is 1.79. The summed E-state index contributed by atoms with van der Waals surface area (Å²) in [6, 6.07) is 16.9. The minimum absolute atomic E-state index is 0.360. The van der Waals surface area contributed by atoms with Crippen LogP contribution in [0.3, 0.4) is 0 Å². The summed E-state index contributed by atoms with van der Waals surface area (Å²) in [4.78, 5) is 0. The SMILES string of the molecule is OC(CC1CCCc2ccccc21)c1cccc(I)c1. The van der Waals surface area contributed by atoms with Gasteiger partial charge in [-0.25, -0.2) is 0 Å². The van der Waals surface area contributed by atoms with Gasteiger partial charge in [-0.3, -0.25) is 0 Å². The van der Waals surface area contributed by atoms with Crippen LogP contribution < -0.4 is 0 Å². The fourth-order valence-electron chi connectivity index (χ4n) is 3.22. The average molecular weight is 378 g/mol. The molecule has 2 aromatic carbocycles. The standard InChI is InChI=1S/C18H19IO/c19-16-9-4-8-15(11-16)18(20)12-14-7-3-6-13-5-1-2-10-17(13)14/h1-2,4-5,8-11,14,18,20H,3,6-7,12H2. The van der Waals surface area contributed by atoms with Gasteiger partial charge < -0.3 is 5.11 Å². The molecule has 2 aromatic rings. The van der Waals surface area contributed by atoms with Crippen LogP contribution in [0.1, 0.15) is 48.0 Å². The lowest BCUT2D eigenvalue weighted by Crippen LogP contribution is -2.13. The molecule has 0 aromatic heterocycles. The number of rotatable bonds is 3. The molecule has 1 nitrogen and oxygen atoms in total. The summed E-state index contributed by atoms with van der Waals surface area (Å²) < 4.78 is 1.18. The van der Waals surface area contributed by atoms with E-state index < -0.39 is 0 Å². The van der Waals surface area contributed by atoms with Gasteiger partial charge in [-0.2, -0.15) is 0 Å². The van der Waals surface area contributed by atoms with Gasteiger partial charge in [0.15, 0.2) is 0 Å². The Morgan fingerprint density at radius 3 is 2.85 bits per heavy atom. The van der Waals surface area contributed by atoms with E-state index in [2.05, 4.69) is 59.0 Å². The smallest absolute Gasteiger partial charge is 0.0796 e. The Hall–Kier alpha value is -0.870. The van der Waals surface area contributed by atoms with Crippen molar-refractivity contribution in [3.05, 3.63) is 68.8 Å². The Morgan fingerprint density at radius 2 is 2.00 bits per heavy atom. The first-order valence-corrected chi connectivity index (χ1v) is 8.33. The molecular formula is C18H19IO. The fraction of sp³-hybridized carbons (Fsp3) is 0.333. The van der Waals surface area contributed by atoms with Gasteiger partial charge in [0.1, 0.15) is 0 Å². The van der Waals surface area contributed by atoms with Crippen molar-refractivity contribution >= 4 is 22.6 Å². The molecule has 1 aliphatic carbocycles. The van der Waals surface area contributed by atoms with Crippen molar-refractivity contribution in [3.8, 4) is 0 Å². The molecular weight excluding hydrogens is 359 g/mol. The molecule has 104 valence electrons. The second-order valence-corrected chi connectivity index (χ2v) is 6.84. The lowest BCUT2D eigenvalue weighted by atomic mass is 9.79. The normalized spacial score (nSPS) is 19.4. The number of hydrogen-bond acceptors (Lipinski definition) is 1. The highest BCUT2D eigenvalue weighted by Crippen LogP contribution is 2.37. The first kappa shape index (κ1) is 14.1. The Morgan fingerprint density at radius 1 is 1.15 bits per heavy atom. The van der Waals surface area contributed by atoms with Gasteiger partial charge in [0.2, 0.25) is 0 Å². The molecule has 0 spiro atoms. The van der Waals surface area contributed by atoms with Crippen molar-refractivity contribution in [1.29, 1.82) is 0 Å². The quantitative estimate of drug-likeness (QED) is 0.759. The van der Waals surface area contributed by atoms with Gasteiger partial charge in [-0.15, -0.1) is 0 Å². The van der Waals surface area contributed by atoms with Crippen LogP contribution in [-0.2, 0) is 6.42 Å². The summed E-state index contributed by atoms with van der Waals surface area (Å²) in [6.45, 7) is 0. The molecule has 1 N–H and O–H groups in total. The van der Waals surface area contributed by atoms with Crippen molar-refractivity contribution in [3.63, 3.8) is 0 Å². The highest BCUT2D eigenvalue weighted by Gasteiger charge is 2.23. The van der Waals surface area contributed by atoms with Crippen LogP contribution in [0, 0.1) is 3.57 Å². The van der Waals surface area contributed by atoms with E-state index in [1.807, 2.05) is 12.1 Å². The third-order valence-electron chi connectivity index (χ3n) is 4.23. The summed E-state index contributed by atoms with van der Waals surface area (Å²) in [6.07, 6.45) is 4.09. The first-order valence-electron chi connectivity index (χ1n) is 7.25. The van der Waals surface area contributed by atoms with E-state index >= 15 is 0 Å². The highest BCUT2D eigenvalue weighted by molar-refractivity contribution is 14.1. The molecule has 0 aliphatic heterocycles. The largest absolute Gasteiger partial charge is 0.388 e. The maximum Gasteiger partial charge on any atom is 0.0796 e. The summed E-state index contributed by atoms with van der Waals surface area (Å²) in [5, 5.41) is 10.5. The van der Waals surface area contributed by atoms with E-state index in [4.69, 9.17) is 0 Å². The zero-order valence-electron chi connectivity index (χ0n) is 11.4. The number of aliphatic hydroxyl groups is 1. The van der Waals surface area contributed by atoms with E-state index in [0.717, 1.165) is 12.0 Å². The minimum Gasteiger partial charge on any atom is -0.388 e. The number of halogens is 1. The molecule has 2 unspecified atom stereocenters. The van der Waals surface area contributed by atoms with Crippen molar-refractivity contribution in [2.24, 2.45) is 0 Å². The second-order valence-electron chi connectivity index (χ2n) is 5.59. The van der Waals surface area contributed by atoms with Crippen LogP contribution in [0.5, 0.6) is 0 Å². The van der Waals surface area contributed by atoms with Crippen LogP contribution in [0.4, 0.5) is 0 Å². The lowest BCUT2D eigenvalue weighted by Gasteiger charge is -2.27. The van der Waals surface area contributed by atoms with Crippen molar-refractivity contribution in [1.82, 2.24) is 0 Å². The fourth-order valence-corrected chi connectivity index (χ4v) is 3.79. The zero-order chi connectivity index (χ0) is 13.9. The van der Waals surface area contributed by atoms with Gasteiger partial charge in [-0.05, 0) is 83.0 Å². The van der Waals surface area contributed by atoms with Gasteiger partial charge in [-0.1, -0.05) is 36.4 Å². The van der Waals surface area contributed by atoms with Gasteiger partial charge in [0.25, 0.3) is 0 Å². The molecule has 1 aliphatic rings. The molecule has 0 radical (unpaired) electrons. The third kappa shape index (κ3) is 3.07. The maximum absolute atomic E-state index is 10.5. The topological polar surface area (TPSA) is 20.2 Å². The molecule has 20 heavy (non-hydrogen) atoms. The summed E-state index contributed by atoms with van der Waals surface area (Å²) in [5.74, 6) is 0.493. The van der Waals surface area contributed by atoms with Crippen LogP contribution >= 0.6 is 22.6 Å². The van der Waals surface area contributed by atoms with Crippen LogP contribution in [0.25, 0.3) is 0 Å². The Kier molecular flexibility index (Phi) is 4.41. The van der Waals surface area contributed by atoms with Crippen molar-refractivity contribution in [2.45, 2.75) is 37.7 Å². The van der Waals surface area contributed by atoms with Crippen LogP contribution in [0.15, 0.2) is 48.5 Å². The summed E-state index contributed by atoms with van der Waals surface area (Å²) in [5.41, 5.74) is 3.96. The molecule has 0 bridgehead atoms. The van der Waals surface area contributed by atoms with E-state index in [-0.39, 0.29) is 6.10 Å². The maximum atomic E-state index is 10.5. The zero-order valence-corrected chi connectivity index (χ0v) is 13.6. The minimum atomic E-state index is -0.360. The number of benzene rings is 2. The Bertz CT molecular complexity index is 593. The van der Waals surface area contributed by atoms with E-state index in [0.29, 0.717) is 5.92 Å². The van der Waals surface area contributed by atoms with E-state index in [1.54, 1.807) is 0 Å². The molecule has 0 saturated carbocycles. The monoisotopic (exact) mass is 378 g/mol. The highest BCUT2D eigenvalue weighted by atomic mass is 127. The predicted octanol–water partition coefficient (Wildman–Crippen LogP) is 4.83. The third-order valence-corrected chi connectivity index (χ3v) is 4.91. The molecule has 0 amide bonds. The average Bonchev–Trinajstić information content (AvgIpc) is 2.47. The number of fused-ring (bicyclic) bond motifs is 1. The predicted molar refractivity (Wildman–Crippen MR) is 90.9 cm³/mol. The van der Waals surface area contributed by atoms with Gasteiger partial charge in [0, 0.05) is 3.57 Å². The number of aryl methyl sites for hydroxylation is 1. The lowest BCUT2D eigenvalue weighted by molar-refractivity contribution is 0.154. The number of aliphatic hydroxyl groups excluding tert-OH is 1.